The molecule has 34 heavy (non-hydrogen) atoms. The number of hydrazone groups is 1. The van der Waals surface area contributed by atoms with Crippen molar-refractivity contribution in [1.29, 1.82) is 0 Å². The maximum Gasteiger partial charge on any atom is 0.271 e. The molecular weight excluding hydrogens is 474 g/mol. The van der Waals surface area contributed by atoms with Gasteiger partial charge < -0.3 is 4.74 Å². The minimum atomic E-state index is -3.90. The molecule has 0 radical (unpaired) electrons. The molecular formula is C25H26ClN3O4S. The Morgan fingerprint density at radius 2 is 1.79 bits per heavy atom. The van der Waals surface area contributed by atoms with Crippen molar-refractivity contribution in [3.63, 3.8) is 0 Å². The Labute approximate surface area is 204 Å². The summed E-state index contributed by atoms with van der Waals surface area (Å²) in [6, 6.07) is 19.4. The molecule has 7 nitrogen and oxygen atoms in total. The summed E-state index contributed by atoms with van der Waals surface area (Å²) in [5.41, 5.74) is 3.66. The van der Waals surface area contributed by atoms with Crippen molar-refractivity contribution in [2.24, 2.45) is 11.0 Å². The minimum absolute atomic E-state index is 0.0582. The molecule has 0 aromatic heterocycles. The molecule has 0 heterocycles. The summed E-state index contributed by atoms with van der Waals surface area (Å²) in [5.74, 6) is 0.811. The zero-order valence-electron chi connectivity index (χ0n) is 18.9. The number of carbonyl (C=O) groups excluding carboxylic acids is 1. The molecule has 0 fully saturated rings. The van der Waals surface area contributed by atoms with Crippen LogP contribution in [0.3, 0.4) is 0 Å². The Kier molecular flexibility index (Phi) is 8.67. The number of benzene rings is 3. The smallest absolute Gasteiger partial charge is 0.271 e. The molecule has 0 bridgehead atoms. The van der Waals surface area contributed by atoms with Crippen LogP contribution in [-0.2, 0) is 10.0 Å². The van der Waals surface area contributed by atoms with Gasteiger partial charge in [0.25, 0.3) is 15.9 Å². The number of hydrogen-bond donors (Lipinski definition) is 2. The lowest BCUT2D eigenvalue weighted by Gasteiger charge is -2.09. The largest absolute Gasteiger partial charge is 0.494 e. The third-order valence-corrected chi connectivity index (χ3v) is 6.32. The van der Waals surface area contributed by atoms with Crippen molar-refractivity contribution >= 4 is 39.4 Å². The van der Waals surface area contributed by atoms with Crippen LogP contribution in [0.4, 0.5) is 5.69 Å². The lowest BCUT2D eigenvalue weighted by atomic mass is 10.1. The fourth-order valence-corrected chi connectivity index (χ4v) is 4.15. The molecule has 0 saturated heterocycles. The van der Waals surface area contributed by atoms with Crippen molar-refractivity contribution in [3.8, 4) is 5.75 Å². The molecule has 0 saturated carbocycles. The maximum absolute atomic E-state index is 12.7. The summed E-state index contributed by atoms with van der Waals surface area (Å²) in [5, 5.41) is 4.36. The number of carbonyl (C=O) groups is 1. The first-order valence-electron chi connectivity index (χ1n) is 10.7. The average molecular weight is 500 g/mol. The number of hydrogen-bond acceptors (Lipinski definition) is 5. The van der Waals surface area contributed by atoms with Gasteiger partial charge in [-0.25, -0.2) is 13.8 Å². The summed E-state index contributed by atoms with van der Waals surface area (Å²) in [6.45, 7) is 4.94. The Bertz CT molecular complexity index is 1260. The molecule has 0 spiro atoms. The number of amides is 1. The fourth-order valence-electron chi connectivity index (χ4n) is 2.86. The second-order valence-corrected chi connectivity index (χ2v) is 10.1. The number of sulfonamides is 1. The second kappa shape index (κ2) is 11.7. The zero-order chi connectivity index (χ0) is 24.6. The molecule has 1 amide bonds. The van der Waals surface area contributed by atoms with Crippen LogP contribution in [0.15, 0.2) is 82.8 Å². The number of anilines is 1. The van der Waals surface area contributed by atoms with Gasteiger partial charge in [-0.3, -0.25) is 9.52 Å². The molecule has 0 unspecified atom stereocenters. The molecule has 178 valence electrons. The van der Waals surface area contributed by atoms with E-state index in [1.54, 1.807) is 18.2 Å². The highest BCUT2D eigenvalue weighted by Crippen LogP contribution is 2.20. The predicted octanol–water partition coefficient (Wildman–Crippen LogP) is 5.33. The third-order valence-electron chi connectivity index (χ3n) is 4.71. The summed E-state index contributed by atoms with van der Waals surface area (Å²) in [7, 11) is -3.90. The van der Waals surface area contributed by atoms with E-state index in [1.165, 1.54) is 36.5 Å². The number of rotatable bonds is 10. The molecule has 3 aromatic rings. The van der Waals surface area contributed by atoms with Crippen LogP contribution in [0.25, 0.3) is 0 Å². The normalized spacial score (nSPS) is 11.5. The highest BCUT2D eigenvalue weighted by Gasteiger charge is 2.16. The molecule has 0 aliphatic heterocycles. The quantitative estimate of drug-likeness (QED) is 0.291. The van der Waals surface area contributed by atoms with E-state index >= 15 is 0 Å². The molecule has 0 atom stereocenters. The molecule has 9 heteroatoms. The van der Waals surface area contributed by atoms with Crippen LogP contribution in [0.1, 0.15) is 36.2 Å². The van der Waals surface area contributed by atoms with Crippen molar-refractivity contribution < 1.29 is 17.9 Å². The lowest BCUT2D eigenvalue weighted by molar-refractivity contribution is 0.0955. The minimum Gasteiger partial charge on any atom is -0.494 e. The zero-order valence-corrected chi connectivity index (χ0v) is 20.4. The van der Waals surface area contributed by atoms with Crippen LogP contribution in [-0.4, -0.2) is 27.1 Å². The summed E-state index contributed by atoms with van der Waals surface area (Å²) in [6.07, 6.45) is 2.48. The highest BCUT2D eigenvalue weighted by molar-refractivity contribution is 7.92. The van der Waals surface area contributed by atoms with Crippen molar-refractivity contribution in [2.45, 2.75) is 25.2 Å². The van der Waals surface area contributed by atoms with Crippen molar-refractivity contribution in [1.82, 2.24) is 5.43 Å². The first kappa shape index (κ1) is 25.3. The summed E-state index contributed by atoms with van der Waals surface area (Å²) < 4.78 is 33.5. The lowest BCUT2D eigenvalue weighted by Crippen LogP contribution is -2.19. The number of ether oxygens (including phenoxy) is 1. The first-order chi connectivity index (χ1) is 16.2. The maximum atomic E-state index is 12.7. The number of halogens is 1. The van der Waals surface area contributed by atoms with Gasteiger partial charge in [-0.1, -0.05) is 37.6 Å². The van der Waals surface area contributed by atoms with Crippen LogP contribution >= 0.6 is 11.6 Å². The average Bonchev–Trinajstić information content (AvgIpc) is 2.79. The van der Waals surface area contributed by atoms with Gasteiger partial charge >= 0.3 is 0 Å². The van der Waals surface area contributed by atoms with Gasteiger partial charge in [-0.05, 0) is 78.6 Å². The van der Waals surface area contributed by atoms with E-state index in [9.17, 15) is 13.2 Å². The van der Waals surface area contributed by atoms with E-state index in [0.717, 1.165) is 17.7 Å². The fraction of sp³-hybridized carbons (Fsp3) is 0.200. The Hall–Kier alpha value is -3.36. The Balaban J connectivity index is 1.60. The molecule has 0 aliphatic carbocycles. The van der Waals surface area contributed by atoms with E-state index in [2.05, 4.69) is 29.1 Å². The van der Waals surface area contributed by atoms with Gasteiger partial charge in [0.2, 0.25) is 0 Å². The molecule has 2 N–H and O–H groups in total. The molecule has 3 aromatic carbocycles. The standard InChI is InChI=1S/C25H26ClN3O4S/c1-18(2)13-14-33-23-11-9-19(10-12-23)17-27-28-25(30)20-5-3-8-24(15-20)34(31,32)29-22-7-4-6-21(26)16-22/h3-12,15-18,29H,13-14H2,1-2H3,(H,28,30). The topological polar surface area (TPSA) is 96.9 Å². The van der Waals surface area contributed by atoms with Crippen LogP contribution in [0.5, 0.6) is 5.75 Å². The van der Waals surface area contributed by atoms with E-state index in [4.69, 9.17) is 16.3 Å². The first-order valence-corrected chi connectivity index (χ1v) is 12.5. The molecule has 3 rings (SSSR count). The van der Waals surface area contributed by atoms with Crippen LogP contribution in [0.2, 0.25) is 5.02 Å². The Morgan fingerprint density at radius 3 is 2.50 bits per heavy atom. The van der Waals surface area contributed by atoms with Gasteiger partial charge in [0.15, 0.2) is 0 Å². The van der Waals surface area contributed by atoms with Crippen molar-refractivity contribution in [3.05, 3.63) is 88.9 Å². The monoisotopic (exact) mass is 499 g/mol. The van der Waals surface area contributed by atoms with Crippen molar-refractivity contribution in [2.75, 3.05) is 11.3 Å². The summed E-state index contributed by atoms with van der Waals surface area (Å²) >= 11 is 5.91. The second-order valence-electron chi connectivity index (χ2n) is 7.94. The molecule has 0 aliphatic rings. The number of nitrogens with zero attached hydrogens (tertiary/aromatic N) is 1. The highest BCUT2D eigenvalue weighted by atomic mass is 35.5. The summed E-state index contributed by atoms with van der Waals surface area (Å²) in [4.78, 5) is 12.4. The van der Waals surface area contributed by atoms with Gasteiger partial charge in [-0.15, -0.1) is 0 Å². The number of nitrogens with one attached hydrogen (secondary N) is 2. The van der Waals surface area contributed by atoms with Gasteiger partial charge in [0.1, 0.15) is 5.75 Å². The van der Waals surface area contributed by atoms with Gasteiger partial charge in [-0.2, -0.15) is 5.10 Å². The van der Waals surface area contributed by atoms with Gasteiger partial charge in [0, 0.05) is 10.6 Å². The SMILES string of the molecule is CC(C)CCOc1ccc(C=NNC(=O)c2cccc(S(=O)(=O)Nc3cccc(Cl)c3)c2)cc1. The van der Waals surface area contributed by atoms with E-state index in [1.807, 2.05) is 24.3 Å². The van der Waals surface area contributed by atoms with Crippen LogP contribution in [0, 0.1) is 5.92 Å². The Morgan fingerprint density at radius 1 is 1.06 bits per heavy atom. The van der Waals surface area contributed by atoms with E-state index in [0.29, 0.717) is 23.2 Å². The predicted molar refractivity (Wildman–Crippen MR) is 135 cm³/mol. The van der Waals surface area contributed by atoms with E-state index < -0.39 is 15.9 Å². The van der Waals surface area contributed by atoms with Gasteiger partial charge in [0.05, 0.1) is 23.4 Å². The third kappa shape index (κ3) is 7.60. The van der Waals surface area contributed by atoms with E-state index in [-0.39, 0.29) is 10.5 Å². The van der Waals surface area contributed by atoms with Crippen LogP contribution < -0.4 is 14.9 Å².